The van der Waals surface area contributed by atoms with Gasteiger partial charge in [-0.1, -0.05) is 0 Å². The van der Waals surface area contributed by atoms with E-state index >= 15 is 0 Å². The van der Waals surface area contributed by atoms with Crippen molar-refractivity contribution in [2.75, 3.05) is 0 Å². The molecule has 2 atom stereocenters. The second-order valence-electron chi connectivity index (χ2n) is 11.5. The second kappa shape index (κ2) is 20.5. The first-order valence-corrected chi connectivity index (χ1v) is 20.4. The molecule has 0 saturated heterocycles. The van der Waals surface area contributed by atoms with Gasteiger partial charge in [-0.3, -0.25) is 0 Å². The maximum absolute atomic E-state index is 5.07. The van der Waals surface area contributed by atoms with Crippen LogP contribution in [0.15, 0.2) is 168 Å². The van der Waals surface area contributed by atoms with Gasteiger partial charge in [0.2, 0.25) is 0 Å². The van der Waals surface area contributed by atoms with Crippen molar-refractivity contribution in [1.29, 1.82) is 0 Å². The Labute approximate surface area is 321 Å². The first kappa shape index (κ1) is 37.9. The van der Waals surface area contributed by atoms with Crippen molar-refractivity contribution in [3.05, 3.63) is 181 Å². The summed E-state index contributed by atoms with van der Waals surface area (Å²) in [7, 11) is 0. The number of hydrogen-bond donors (Lipinski definition) is 0. The van der Waals surface area contributed by atoms with Gasteiger partial charge in [0.15, 0.2) is 0 Å². The van der Waals surface area contributed by atoms with Crippen molar-refractivity contribution in [3.8, 4) is 23.7 Å². The zero-order valence-corrected chi connectivity index (χ0v) is 33.2. The third-order valence-corrected chi connectivity index (χ3v) is 12.7. The molecule has 6 rings (SSSR count). The van der Waals surface area contributed by atoms with Crippen LogP contribution in [0, 0.1) is 23.7 Å². The Morgan fingerprint density at radius 1 is 0.481 bits per heavy atom. The first-order valence-electron chi connectivity index (χ1n) is 17.0. The summed E-state index contributed by atoms with van der Waals surface area (Å²) in [5.74, 6) is 12.7. The summed E-state index contributed by atoms with van der Waals surface area (Å²) in [6, 6.07) is 45.6. The van der Waals surface area contributed by atoms with Crippen molar-refractivity contribution >= 4 is 59.4 Å². The fourth-order valence-electron chi connectivity index (χ4n) is 5.08. The van der Waals surface area contributed by atoms with Gasteiger partial charge in [-0.05, 0) is 0 Å². The molecule has 2 heterocycles. The van der Waals surface area contributed by atoms with Crippen LogP contribution >= 0.6 is 0 Å². The number of aromatic nitrogens is 2. The van der Waals surface area contributed by atoms with E-state index in [9.17, 15) is 0 Å². The van der Waals surface area contributed by atoms with Crippen LogP contribution in [0.1, 0.15) is 61.8 Å². The molecule has 0 amide bonds. The molecule has 256 valence electrons. The van der Waals surface area contributed by atoms with Gasteiger partial charge in [0.25, 0.3) is 0 Å². The fourth-order valence-corrected chi connectivity index (χ4v) is 9.25. The molecule has 4 nitrogen and oxygen atoms in total. The zero-order chi connectivity index (χ0) is 36.4. The normalized spacial score (nSPS) is 12.2. The molecule has 0 bridgehead atoms. The Hall–Kier alpha value is -5.32. The van der Waals surface area contributed by atoms with Gasteiger partial charge in [-0.25, -0.2) is 0 Å². The fraction of sp³-hybridized carbons (Fsp3) is 0.130. The van der Waals surface area contributed by atoms with Crippen molar-refractivity contribution < 1.29 is 0 Å². The molecule has 0 saturated carbocycles. The van der Waals surface area contributed by atoms with E-state index in [0.29, 0.717) is 0 Å². The van der Waals surface area contributed by atoms with Crippen molar-refractivity contribution in [2.24, 2.45) is 9.98 Å². The number of benzene rings is 4. The SMILES string of the molecule is CC#Cc1ccccc1N=C([Se]c1ccccc1)[C@@H](C)c1ccncc1.CC#Cc1ccccc1N=C([Se]c1ccccc1)[C@H](C)c1ccncc1. The van der Waals surface area contributed by atoms with Crippen LogP contribution in [0.3, 0.4) is 0 Å². The van der Waals surface area contributed by atoms with E-state index in [4.69, 9.17) is 9.98 Å². The summed E-state index contributed by atoms with van der Waals surface area (Å²) >= 11 is 0.271. The zero-order valence-electron chi connectivity index (χ0n) is 29.8. The van der Waals surface area contributed by atoms with Crippen LogP contribution in [0.5, 0.6) is 0 Å². The molecule has 0 aliphatic carbocycles. The number of nitrogens with zero attached hydrogens (tertiary/aromatic N) is 4. The Bertz CT molecular complexity index is 2040. The van der Waals surface area contributed by atoms with Crippen LogP contribution < -0.4 is 8.92 Å². The first-order chi connectivity index (χ1) is 25.6. The standard InChI is InChI=1S/2C23H20N2Se/c2*1-3-9-20-10-7-8-13-22(20)25-23(26-21-11-5-4-6-12-21)18(2)19-14-16-24-17-15-19/h2*4-8,10-18H,1-2H3/t2*18-/m10/s1. The number of rotatable bonds is 10. The van der Waals surface area contributed by atoms with E-state index < -0.39 is 0 Å². The van der Waals surface area contributed by atoms with Gasteiger partial charge >= 0.3 is 323 Å². The Morgan fingerprint density at radius 2 is 0.827 bits per heavy atom. The monoisotopic (exact) mass is 808 g/mol. The Kier molecular flexibility index (Phi) is 15.0. The van der Waals surface area contributed by atoms with E-state index in [-0.39, 0.29) is 41.7 Å². The van der Waals surface area contributed by atoms with Gasteiger partial charge in [0, 0.05) is 0 Å². The molecule has 0 aliphatic rings. The summed E-state index contributed by atoms with van der Waals surface area (Å²) in [6.45, 7) is 8.14. The average molecular weight is 807 g/mol. The molecular formula is C46H40N4Se2. The van der Waals surface area contributed by atoms with E-state index in [1.807, 2.05) is 87.2 Å². The van der Waals surface area contributed by atoms with Crippen LogP contribution in [-0.4, -0.2) is 49.1 Å². The van der Waals surface area contributed by atoms with Crippen LogP contribution in [0.25, 0.3) is 0 Å². The van der Waals surface area contributed by atoms with Gasteiger partial charge in [0.05, 0.1) is 0 Å². The van der Waals surface area contributed by atoms with Gasteiger partial charge < -0.3 is 0 Å². The molecular weight excluding hydrogens is 766 g/mol. The summed E-state index contributed by atoms with van der Waals surface area (Å²) in [4.78, 5) is 18.4. The summed E-state index contributed by atoms with van der Waals surface area (Å²) in [5.41, 5.74) is 6.29. The molecule has 6 heteroatoms. The molecule has 0 aliphatic heterocycles. The number of aliphatic imine (C=N–C) groups is 2. The quantitative estimate of drug-likeness (QED) is 0.0792. The van der Waals surface area contributed by atoms with Crippen LogP contribution in [-0.2, 0) is 0 Å². The molecule has 0 N–H and O–H groups in total. The molecule has 52 heavy (non-hydrogen) atoms. The molecule has 0 radical (unpaired) electrons. The van der Waals surface area contributed by atoms with Crippen molar-refractivity contribution in [1.82, 2.24) is 9.97 Å². The molecule has 0 fully saturated rings. The molecule has 6 aromatic rings. The summed E-state index contributed by atoms with van der Waals surface area (Å²) in [6.07, 6.45) is 7.37. The topological polar surface area (TPSA) is 50.5 Å². The van der Waals surface area contributed by atoms with E-state index in [2.05, 4.69) is 132 Å². The van der Waals surface area contributed by atoms with Crippen molar-refractivity contribution in [3.63, 3.8) is 0 Å². The molecule has 0 unspecified atom stereocenters. The molecule has 2 aromatic heterocycles. The van der Waals surface area contributed by atoms with Gasteiger partial charge in [-0.15, -0.1) is 0 Å². The van der Waals surface area contributed by atoms with Crippen molar-refractivity contribution in [2.45, 2.75) is 39.5 Å². The Morgan fingerprint density at radius 3 is 1.19 bits per heavy atom. The van der Waals surface area contributed by atoms with E-state index in [1.165, 1.54) is 29.3 Å². The van der Waals surface area contributed by atoms with E-state index in [0.717, 1.165) is 22.5 Å². The molecule has 0 spiro atoms. The van der Waals surface area contributed by atoms with Crippen LogP contribution in [0.4, 0.5) is 11.4 Å². The predicted octanol–water partition coefficient (Wildman–Crippen LogP) is 8.63. The minimum absolute atomic E-state index is 0.136. The summed E-state index contributed by atoms with van der Waals surface area (Å²) in [5, 5.41) is 0. The maximum atomic E-state index is 5.07. The summed E-state index contributed by atoms with van der Waals surface area (Å²) < 4.78 is 5.00. The Balaban J connectivity index is 0.000000201. The van der Waals surface area contributed by atoms with Gasteiger partial charge in [-0.2, -0.15) is 0 Å². The van der Waals surface area contributed by atoms with Crippen LogP contribution in [0.2, 0.25) is 0 Å². The number of para-hydroxylation sites is 2. The predicted molar refractivity (Wildman–Crippen MR) is 221 cm³/mol. The third kappa shape index (κ3) is 11.3. The second-order valence-corrected chi connectivity index (χ2v) is 16.1. The number of hydrogen-bond acceptors (Lipinski definition) is 4. The number of pyridine rings is 2. The third-order valence-electron chi connectivity index (χ3n) is 7.87. The van der Waals surface area contributed by atoms with E-state index in [1.54, 1.807) is 0 Å². The van der Waals surface area contributed by atoms with Gasteiger partial charge in [0.1, 0.15) is 0 Å². The average Bonchev–Trinajstić information content (AvgIpc) is 3.20. The minimum atomic E-state index is 0.136. The molecule has 4 aromatic carbocycles.